The zero-order valence-corrected chi connectivity index (χ0v) is 9.58. The molecule has 0 radical (unpaired) electrons. The van der Waals surface area contributed by atoms with E-state index in [2.05, 4.69) is 27.5 Å². The van der Waals surface area contributed by atoms with Gasteiger partial charge in [-0.3, -0.25) is 0 Å². The topological polar surface area (TPSA) is 49.8 Å². The van der Waals surface area contributed by atoms with E-state index in [-0.39, 0.29) is 0 Å². The number of unbranched alkanes of at least 4 members (excludes halogenated alkanes) is 2. The molecule has 0 bridgehead atoms. The second-order valence-electron chi connectivity index (χ2n) is 3.43. The highest BCUT2D eigenvalue weighted by Crippen LogP contribution is 2.05. The summed E-state index contributed by atoms with van der Waals surface area (Å²) in [6, 6.07) is 1.90. The number of nitrogens with zero attached hydrogens (tertiary/aromatic N) is 2. The molecule has 4 heteroatoms. The minimum Gasteiger partial charge on any atom is -0.370 e. The van der Waals surface area contributed by atoms with Gasteiger partial charge in [0, 0.05) is 19.3 Å². The first kappa shape index (κ1) is 11.8. The summed E-state index contributed by atoms with van der Waals surface area (Å²) in [6.07, 6.45) is 5.47. The van der Waals surface area contributed by atoms with Gasteiger partial charge in [0.1, 0.15) is 5.82 Å². The first-order chi connectivity index (χ1) is 7.36. The Morgan fingerprint density at radius 2 is 2.07 bits per heavy atom. The summed E-state index contributed by atoms with van der Waals surface area (Å²) >= 11 is 0. The van der Waals surface area contributed by atoms with Gasteiger partial charge >= 0.3 is 0 Å². The maximum absolute atomic E-state index is 4.33. The third kappa shape index (κ3) is 4.63. The van der Waals surface area contributed by atoms with Gasteiger partial charge < -0.3 is 10.6 Å². The fourth-order valence-electron chi connectivity index (χ4n) is 1.29. The molecule has 0 spiro atoms. The molecule has 0 saturated carbocycles. The van der Waals surface area contributed by atoms with Crippen LogP contribution in [0.25, 0.3) is 0 Å². The molecule has 1 rings (SSSR count). The summed E-state index contributed by atoms with van der Waals surface area (Å²) in [5, 5.41) is 6.37. The van der Waals surface area contributed by atoms with Gasteiger partial charge in [-0.25, -0.2) is 4.98 Å². The average molecular weight is 208 g/mol. The van der Waals surface area contributed by atoms with Crippen molar-refractivity contribution < 1.29 is 0 Å². The molecule has 0 atom stereocenters. The Labute approximate surface area is 91.5 Å². The highest BCUT2D eigenvalue weighted by Gasteiger charge is 1.96. The standard InChI is InChI=1S/C11H20N4/c1-3-5-6-8-13-10-7-9-14-11(15-10)12-4-2/h7,9H,3-6,8H2,1-2H3,(H2,12,13,14,15). The normalized spacial score (nSPS) is 10.0. The summed E-state index contributed by atoms with van der Waals surface area (Å²) < 4.78 is 0. The first-order valence-electron chi connectivity index (χ1n) is 5.67. The molecular weight excluding hydrogens is 188 g/mol. The average Bonchev–Trinajstić information content (AvgIpc) is 2.26. The minimum absolute atomic E-state index is 0.693. The number of hydrogen-bond donors (Lipinski definition) is 2. The molecule has 2 N–H and O–H groups in total. The molecule has 0 aliphatic carbocycles. The van der Waals surface area contributed by atoms with E-state index >= 15 is 0 Å². The smallest absolute Gasteiger partial charge is 0.224 e. The Morgan fingerprint density at radius 1 is 1.20 bits per heavy atom. The monoisotopic (exact) mass is 208 g/mol. The van der Waals surface area contributed by atoms with Crippen LogP contribution in [0.5, 0.6) is 0 Å². The van der Waals surface area contributed by atoms with Crippen molar-refractivity contribution in [1.82, 2.24) is 9.97 Å². The van der Waals surface area contributed by atoms with Gasteiger partial charge in [-0.05, 0) is 19.4 Å². The number of nitrogens with one attached hydrogen (secondary N) is 2. The summed E-state index contributed by atoms with van der Waals surface area (Å²) in [4.78, 5) is 8.44. The van der Waals surface area contributed by atoms with Gasteiger partial charge in [-0.2, -0.15) is 4.98 Å². The van der Waals surface area contributed by atoms with Crippen molar-refractivity contribution >= 4 is 11.8 Å². The number of rotatable bonds is 7. The second-order valence-corrected chi connectivity index (χ2v) is 3.43. The summed E-state index contributed by atoms with van der Waals surface area (Å²) in [5.41, 5.74) is 0. The van der Waals surface area contributed by atoms with Crippen molar-refractivity contribution in [1.29, 1.82) is 0 Å². The molecule has 0 aromatic carbocycles. The van der Waals surface area contributed by atoms with Crippen LogP contribution in [0.1, 0.15) is 33.1 Å². The Hall–Kier alpha value is -1.32. The Balaban J connectivity index is 2.36. The minimum atomic E-state index is 0.693. The third-order valence-corrected chi connectivity index (χ3v) is 2.08. The molecule has 0 saturated heterocycles. The van der Waals surface area contributed by atoms with E-state index in [0.717, 1.165) is 18.9 Å². The number of aromatic nitrogens is 2. The zero-order chi connectivity index (χ0) is 10.9. The van der Waals surface area contributed by atoms with E-state index < -0.39 is 0 Å². The second kappa shape index (κ2) is 7.04. The van der Waals surface area contributed by atoms with E-state index in [1.165, 1.54) is 19.3 Å². The summed E-state index contributed by atoms with van der Waals surface area (Å²) in [5.74, 6) is 1.59. The van der Waals surface area contributed by atoms with Gasteiger partial charge in [0.15, 0.2) is 0 Å². The van der Waals surface area contributed by atoms with E-state index in [1.54, 1.807) is 6.20 Å². The van der Waals surface area contributed by atoms with Crippen molar-refractivity contribution in [2.24, 2.45) is 0 Å². The predicted octanol–water partition coefficient (Wildman–Crippen LogP) is 2.51. The first-order valence-corrected chi connectivity index (χ1v) is 5.67. The molecule has 4 nitrogen and oxygen atoms in total. The third-order valence-electron chi connectivity index (χ3n) is 2.08. The quantitative estimate of drug-likeness (QED) is 0.676. The van der Waals surface area contributed by atoms with E-state index in [0.29, 0.717) is 5.95 Å². The van der Waals surface area contributed by atoms with Crippen molar-refractivity contribution in [3.63, 3.8) is 0 Å². The van der Waals surface area contributed by atoms with Crippen LogP contribution in [0.15, 0.2) is 12.3 Å². The Bertz CT molecular complexity index is 275. The predicted molar refractivity (Wildman–Crippen MR) is 64.2 cm³/mol. The lowest BCUT2D eigenvalue weighted by molar-refractivity contribution is 0.742. The van der Waals surface area contributed by atoms with Crippen LogP contribution in [0, 0.1) is 0 Å². The van der Waals surface area contributed by atoms with Crippen molar-refractivity contribution in [3.05, 3.63) is 12.3 Å². The highest BCUT2D eigenvalue weighted by atomic mass is 15.1. The Kier molecular flexibility index (Phi) is 5.51. The van der Waals surface area contributed by atoms with Gasteiger partial charge in [0.2, 0.25) is 5.95 Å². The van der Waals surface area contributed by atoms with Crippen LogP contribution in [0.4, 0.5) is 11.8 Å². The van der Waals surface area contributed by atoms with E-state index in [1.807, 2.05) is 13.0 Å². The van der Waals surface area contributed by atoms with E-state index in [4.69, 9.17) is 0 Å². The molecule has 84 valence electrons. The van der Waals surface area contributed by atoms with Crippen LogP contribution in [-0.4, -0.2) is 23.1 Å². The molecule has 1 heterocycles. The summed E-state index contributed by atoms with van der Waals surface area (Å²) in [7, 11) is 0. The van der Waals surface area contributed by atoms with Gasteiger partial charge in [-0.1, -0.05) is 19.8 Å². The lowest BCUT2D eigenvalue weighted by Gasteiger charge is -2.06. The number of anilines is 2. The van der Waals surface area contributed by atoms with Crippen LogP contribution in [-0.2, 0) is 0 Å². The Morgan fingerprint density at radius 3 is 2.80 bits per heavy atom. The summed E-state index contributed by atoms with van der Waals surface area (Å²) in [6.45, 7) is 6.06. The van der Waals surface area contributed by atoms with Crippen LogP contribution < -0.4 is 10.6 Å². The lowest BCUT2D eigenvalue weighted by Crippen LogP contribution is -2.07. The van der Waals surface area contributed by atoms with Gasteiger partial charge in [0.05, 0.1) is 0 Å². The molecule has 0 aliphatic heterocycles. The largest absolute Gasteiger partial charge is 0.370 e. The lowest BCUT2D eigenvalue weighted by atomic mass is 10.2. The maximum Gasteiger partial charge on any atom is 0.224 e. The molecule has 15 heavy (non-hydrogen) atoms. The zero-order valence-electron chi connectivity index (χ0n) is 9.58. The van der Waals surface area contributed by atoms with Gasteiger partial charge in [-0.15, -0.1) is 0 Å². The molecule has 0 unspecified atom stereocenters. The highest BCUT2D eigenvalue weighted by molar-refractivity contribution is 5.39. The molecule has 0 amide bonds. The van der Waals surface area contributed by atoms with Crippen LogP contribution in [0.2, 0.25) is 0 Å². The fraction of sp³-hybridized carbons (Fsp3) is 0.636. The maximum atomic E-state index is 4.33. The van der Waals surface area contributed by atoms with Crippen LogP contribution in [0.3, 0.4) is 0 Å². The fourth-order valence-corrected chi connectivity index (χ4v) is 1.29. The van der Waals surface area contributed by atoms with Crippen molar-refractivity contribution in [2.45, 2.75) is 33.1 Å². The molecule has 1 aromatic rings. The van der Waals surface area contributed by atoms with Crippen LogP contribution >= 0.6 is 0 Å². The molecule has 0 fully saturated rings. The molecule has 0 aliphatic rings. The van der Waals surface area contributed by atoms with Crippen molar-refractivity contribution in [3.8, 4) is 0 Å². The molecular formula is C11H20N4. The van der Waals surface area contributed by atoms with Gasteiger partial charge in [0.25, 0.3) is 0 Å². The molecule has 1 aromatic heterocycles. The SMILES string of the molecule is CCCCCNc1ccnc(NCC)n1. The van der Waals surface area contributed by atoms with E-state index in [9.17, 15) is 0 Å². The van der Waals surface area contributed by atoms with Crippen molar-refractivity contribution in [2.75, 3.05) is 23.7 Å². The number of hydrogen-bond acceptors (Lipinski definition) is 4.